The van der Waals surface area contributed by atoms with Crippen LogP contribution in [0.5, 0.6) is 0 Å². The van der Waals surface area contributed by atoms with E-state index < -0.39 is 0 Å². The molecule has 158 valence electrons. The van der Waals surface area contributed by atoms with Crippen LogP contribution in [0.4, 0.5) is 5.82 Å². The largest absolute Gasteiger partial charge is 0.356 e. The minimum atomic E-state index is 0. The summed E-state index contributed by atoms with van der Waals surface area (Å²) in [6.45, 7) is 5.83. The van der Waals surface area contributed by atoms with Crippen LogP contribution in [0.3, 0.4) is 0 Å². The summed E-state index contributed by atoms with van der Waals surface area (Å²) in [4.78, 5) is 14.9. The fourth-order valence-electron chi connectivity index (χ4n) is 3.04. The number of benzene rings is 1. The fourth-order valence-corrected chi connectivity index (χ4v) is 3.83. The van der Waals surface area contributed by atoms with Crippen molar-refractivity contribution in [1.82, 2.24) is 20.5 Å². The number of likely N-dealkylation sites (N-methyl/N-ethyl adjacent to an activating group) is 1. The molecule has 3 rings (SSSR count). The van der Waals surface area contributed by atoms with Gasteiger partial charge in [-0.05, 0) is 36.9 Å². The zero-order valence-corrected chi connectivity index (χ0v) is 20.3. The third-order valence-corrected chi connectivity index (χ3v) is 5.74. The highest BCUT2D eigenvalue weighted by Gasteiger charge is 2.15. The molecule has 6 nitrogen and oxygen atoms in total. The van der Waals surface area contributed by atoms with Gasteiger partial charge in [0.2, 0.25) is 0 Å². The molecule has 0 amide bonds. The zero-order valence-electron chi connectivity index (χ0n) is 17.2. The quantitative estimate of drug-likeness (QED) is 0.190. The lowest BCUT2D eigenvalue weighted by molar-refractivity contribution is 0.312. The van der Waals surface area contributed by atoms with Crippen LogP contribution in [0.25, 0.3) is 0 Å². The SMILES string of the molecule is CN=C(NCCSc1ccccc1)NCc1ccnc(N2CCN(C)CC2)c1.I. The molecule has 1 saturated heterocycles. The topological polar surface area (TPSA) is 55.8 Å². The second-order valence-electron chi connectivity index (χ2n) is 6.83. The highest BCUT2D eigenvalue weighted by Crippen LogP contribution is 2.16. The number of rotatable bonds is 7. The number of guanidine groups is 1. The average molecular weight is 526 g/mol. The lowest BCUT2D eigenvalue weighted by Crippen LogP contribution is -2.44. The molecule has 29 heavy (non-hydrogen) atoms. The van der Waals surface area contributed by atoms with Gasteiger partial charge in [0.1, 0.15) is 5.82 Å². The number of nitrogens with one attached hydrogen (secondary N) is 2. The van der Waals surface area contributed by atoms with Gasteiger partial charge in [-0.15, -0.1) is 35.7 Å². The summed E-state index contributed by atoms with van der Waals surface area (Å²) >= 11 is 1.84. The molecule has 0 atom stereocenters. The van der Waals surface area contributed by atoms with Crippen molar-refractivity contribution in [2.24, 2.45) is 4.99 Å². The maximum atomic E-state index is 4.56. The first-order valence-corrected chi connectivity index (χ1v) is 10.7. The van der Waals surface area contributed by atoms with Gasteiger partial charge in [-0.25, -0.2) is 4.98 Å². The zero-order chi connectivity index (χ0) is 19.6. The predicted molar refractivity (Wildman–Crippen MR) is 135 cm³/mol. The van der Waals surface area contributed by atoms with Gasteiger partial charge in [-0.1, -0.05) is 18.2 Å². The van der Waals surface area contributed by atoms with Crippen molar-refractivity contribution in [3.8, 4) is 0 Å². The van der Waals surface area contributed by atoms with E-state index in [1.807, 2.05) is 31.1 Å². The molecule has 0 radical (unpaired) electrons. The van der Waals surface area contributed by atoms with Crippen molar-refractivity contribution in [3.63, 3.8) is 0 Å². The molecule has 2 N–H and O–H groups in total. The van der Waals surface area contributed by atoms with Crippen molar-refractivity contribution in [3.05, 3.63) is 54.2 Å². The summed E-state index contributed by atoms with van der Waals surface area (Å²) in [5, 5.41) is 6.78. The van der Waals surface area contributed by atoms with Crippen LogP contribution >= 0.6 is 35.7 Å². The Morgan fingerprint density at radius 2 is 1.86 bits per heavy atom. The predicted octanol–water partition coefficient (Wildman–Crippen LogP) is 2.91. The van der Waals surface area contributed by atoms with Crippen molar-refractivity contribution >= 4 is 47.5 Å². The minimum Gasteiger partial charge on any atom is -0.356 e. The second-order valence-corrected chi connectivity index (χ2v) is 7.99. The molecular weight excluding hydrogens is 495 g/mol. The Bertz CT molecular complexity index is 750. The average Bonchev–Trinajstić information content (AvgIpc) is 2.75. The molecule has 0 aliphatic carbocycles. The lowest BCUT2D eigenvalue weighted by atomic mass is 10.2. The first-order chi connectivity index (χ1) is 13.7. The Hall–Kier alpha value is -1.52. The Labute approximate surface area is 195 Å². The van der Waals surface area contributed by atoms with E-state index in [4.69, 9.17) is 0 Å². The van der Waals surface area contributed by atoms with E-state index in [9.17, 15) is 0 Å². The van der Waals surface area contributed by atoms with Crippen molar-refractivity contribution in [2.45, 2.75) is 11.4 Å². The maximum absolute atomic E-state index is 4.56. The highest BCUT2D eigenvalue weighted by molar-refractivity contribution is 14.0. The smallest absolute Gasteiger partial charge is 0.191 e. The number of hydrogen-bond donors (Lipinski definition) is 2. The maximum Gasteiger partial charge on any atom is 0.191 e. The molecule has 8 heteroatoms. The molecule has 0 spiro atoms. The van der Waals surface area contributed by atoms with Gasteiger partial charge in [-0.3, -0.25) is 4.99 Å². The summed E-state index contributed by atoms with van der Waals surface area (Å²) in [7, 11) is 3.98. The third-order valence-electron chi connectivity index (χ3n) is 4.73. The summed E-state index contributed by atoms with van der Waals surface area (Å²) in [6.07, 6.45) is 1.90. The summed E-state index contributed by atoms with van der Waals surface area (Å²) in [6, 6.07) is 14.7. The van der Waals surface area contributed by atoms with Crippen molar-refractivity contribution in [2.75, 3.05) is 57.5 Å². The van der Waals surface area contributed by atoms with E-state index in [1.165, 1.54) is 10.5 Å². The molecule has 0 bridgehead atoms. The number of hydrogen-bond acceptors (Lipinski definition) is 5. The Balaban J connectivity index is 0.00000300. The number of piperazine rings is 1. The van der Waals surface area contributed by atoms with Crippen LogP contribution in [0.1, 0.15) is 5.56 Å². The van der Waals surface area contributed by atoms with Crippen LogP contribution in [0.15, 0.2) is 58.5 Å². The normalized spacial score (nSPS) is 15.0. The number of anilines is 1. The van der Waals surface area contributed by atoms with E-state index in [0.29, 0.717) is 0 Å². The Kier molecular flexibility index (Phi) is 10.6. The molecule has 1 fully saturated rings. The molecule has 1 aliphatic heterocycles. The van der Waals surface area contributed by atoms with E-state index in [-0.39, 0.29) is 24.0 Å². The van der Waals surface area contributed by atoms with Gasteiger partial charge in [0.05, 0.1) is 0 Å². The number of aromatic nitrogens is 1. The molecule has 1 aromatic heterocycles. The molecule has 0 unspecified atom stereocenters. The molecular formula is C21H31IN6S. The van der Waals surface area contributed by atoms with E-state index >= 15 is 0 Å². The number of nitrogens with zero attached hydrogens (tertiary/aromatic N) is 4. The summed E-state index contributed by atoms with van der Waals surface area (Å²) in [5.41, 5.74) is 1.21. The van der Waals surface area contributed by atoms with E-state index in [2.05, 4.69) is 73.9 Å². The first-order valence-electron chi connectivity index (χ1n) is 9.75. The molecule has 2 aromatic rings. The first kappa shape index (κ1) is 23.8. The van der Waals surface area contributed by atoms with E-state index in [1.54, 1.807) is 0 Å². The Morgan fingerprint density at radius 1 is 1.10 bits per heavy atom. The highest BCUT2D eigenvalue weighted by atomic mass is 127. The van der Waals surface area contributed by atoms with Gasteiger partial charge in [0, 0.05) is 63.2 Å². The number of thioether (sulfide) groups is 1. The molecule has 1 aromatic carbocycles. The molecule has 2 heterocycles. The minimum absolute atomic E-state index is 0. The van der Waals surface area contributed by atoms with Crippen LogP contribution in [0, 0.1) is 0 Å². The Morgan fingerprint density at radius 3 is 2.59 bits per heavy atom. The van der Waals surface area contributed by atoms with Crippen LogP contribution < -0.4 is 15.5 Å². The fraction of sp³-hybridized carbons (Fsp3) is 0.429. The standard InChI is InChI=1S/C21H30N6S.HI/c1-22-21(24-10-15-28-19-6-4-3-5-7-19)25-17-18-8-9-23-20(16-18)27-13-11-26(2)12-14-27;/h3-9,16H,10-15,17H2,1-2H3,(H2,22,24,25);1H. The number of aliphatic imine (C=N–C) groups is 1. The second kappa shape index (κ2) is 12.9. The van der Waals surface area contributed by atoms with Gasteiger partial charge in [-0.2, -0.15) is 0 Å². The summed E-state index contributed by atoms with van der Waals surface area (Å²) in [5.74, 6) is 2.88. The van der Waals surface area contributed by atoms with Gasteiger partial charge < -0.3 is 20.4 Å². The summed E-state index contributed by atoms with van der Waals surface area (Å²) < 4.78 is 0. The van der Waals surface area contributed by atoms with E-state index in [0.717, 1.165) is 56.8 Å². The number of pyridine rings is 1. The van der Waals surface area contributed by atoms with Gasteiger partial charge in [0.25, 0.3) is 0 Å². The third kappa shape index (κ3) is 8.02. The van der Waals surface area contributed by atoms with Gasteiger partial charge >= 0.3 is 0 Å². The monoisotopic (exact) mass is 526 g/mol. The molecule has 1 aliphatic rings. The van der Waals surface area contributed by atoms with Crippen molar-refractivity contribution in [1.29, 1.82) is 0 Å². The lowest BCUT2D eigenvalue weighted by Gasteiger charge is -2.33. The van der Waals surface area contributed by atoms with Gasteiger partial charge in [0.15, 0.2) is 5.96 Å². The number of halogens is 1. The van der Waals surface area contributed by atoms with Crippen molar-refractivity contribution < 1.29 is 0 Å². The molecule has 0 saturated carbocycles. The van der Waals surface area contributed by atoms with Crippen LogP contribution in [-0.4, -0.2) is 68.4 Å². The van der Waals surface area contributed by atoms with Crippen LogP contribution in [0.2, 0.25) is 0 Å². The van der Waals surface area contributed by atoms with Crippen LogP contribution in [-0.2, 0) is 6.54 Å².